The molecule has 144 valence electrons. The van der Waals surface area contributed by atoms with Crippen molar-refractivity contribution in [3.63, 3.8) is 0 Å². The molecule has 1 aromatic rings. The van der Waals surface area contributed by atoms with E-state index in [1.165, 1.54) is 30.3 Å². The molecule has 0 aliphatic carbocycles. The molecule has 1 aromatic heterocycles. The second-order valence-corrected chi connectivity index (χ2v) is 8.62. The number of methoxy groups -OCH3 is 1. The topological polar surface area (TPSA) is 112 Å². The zero-order chi connectivity index (χ0) is 19.8. The fraction of sp³-hybridized carbons (Fsp3) is 0.562. The Morgan fingerprint density at radius 3 is 2.27 bits per heavy atom. The van der Waals surface area contributed by atoms with E-state index < -0.39 is 33.4 Å². The van der Waals surface area contributed by atoms with Crippen LogP contribution >= 0.6 is 0 Å². The van der Waals surface area contributed by atoms with Crippen molar-refractivity contribution in [2.24, 2.45) is 0 Å². The molecule has 0 unspecified atom stereocenters. The monoisotopic (exact) mass is 386 g/mol. The van der Waals surface area contributed by atoms with Crippen LogP contribution in [0.25, 0.3) is 0 Å². The van der Waals surface area contributed by atoms with Crippen LogP contribution in [-0.4, -0.2) is 62.4 Å². The maximum atomic E-state index is 12.1. The van der Waals surface area contributed by atoms with Gasteiger partial charge >= 0.3 is 12.1 Å². The highest BCUT2D eigenvalue weighted by Gasteiger charge is 2.52. The van der Waals surface area contributed by atoms with Crippen molar-refractivity contribution in [1.82, 2.24) is 9.88 Å². The number of carbonyl (C=O) groups is 2. The molecule has 0 spiro atoms. The lowest BCUT2D eigenvalue weighted by atomic mass is 9.90. The van der Waals surface area contributed by atoms with Crippen molar-refractivity contribution in [2.75, 3.05) is 26.5 Å². The lowest BCUT2D eigenvalue weighted by molar-refractivity contribution is -0.0850. The van der Waals surface area contributed by atoms with E-state index >= 15 is 0 Å². The van der Waals surface area contributed by atoms with Crippen molar-refractivity contribution >= 4 is 22.2 Å². The summed E-state index contributed by atoms with van der Waals surface area (Å²) in [6.45, 7) is 5.12. The number of ether oxygens (including phenoxy) is 2. The van der Waals surface area contributed by atoms with Crippen LogP contribution < -0.4 is 0 Å². The lowest BCUT2D eigenvalue weighted by Gasteiger charge is -2.47. The first-order chi connectivity index (χ1) is 11.9. The van der Waals surface area contributed by atoms with E-state index in [4.69, 9.17) is 8.92 Å². The highest BCUT2D eigenvalue weighted by Crippen LogP contribution is 2.37. The maximum Gasteiger partial charge on any atom is 0.410 e. The summed E-state index contributed by atoms with van der Waals surface area (Å²) in [4.78, 5) is 29.1. The third-order valence-corrected chi connectivity index (χ3v) is 4.13. The SMILES string of the molecule is COC(=O)c1ccc(C2(OS(C)(=O)=O)CN(C(=O)OC(C)(C)C)C2)nc1. The maximum absolute atomic E-state index is 12.1. The number of carbonyl (C=O) groups excluding carboxylic acids is 2. The predicted octanol–water partition coefficient (Wildman–Crippen LogP) is 1.29. The van der Waals surface area contributed by atoms with Gasteiger partial charge in [0.15, 0.2) is 5.60 Å². The van der Waals surface area contributed by atoms with Gasteiger partial charge < -0.3 is 14.4 Å². The molecule has 2 rings (SSSR count). The summed E-state index contributed by atoms with van der Waals surface area (Å²) in [5, 5.41) is 0. The number of nitrogens with zero attached hydrogens (tertiary/aromatic N) is 2. The summed E-state index contributed by atoms with van der Waals surface area (Å²) in [5.74, 6) is -0.564. The first-order valence-electron chi connectivity index (χ1n) is 7.79. The van der Waals surface area contributed by atoms with Gasteiger partial charge in [-0.1, -0.05) is 0 Å². The first kappa shape index (κ1) is 20.1. The highest BCUT2D eigenvalue weighted by molar-refractivity contribution is 7.86. The zero-order valence-corrected chi connectivity index (χ0v) is 16.1. The summed E-state index contributed by atoms with van der Waals surface area (Å²) >= 11 is 0. The molecule has 0 radical (unpaired) electrons. The van der Waals surface area contributed by atoms with Crippen molar-refractivity contribution in [2.45, 2.75) is 32.0 Å². The Kier molecular flexibility index (Phi) is 5.29. The number of amides is 1. The van der Waals surface area contributed by atoms with E-state index in [9.17, 15) is 18.0 Å². The van der Waals surface area contributed by atoms with Crippen molar-refractivity contribution in [3.8, 4) is 0 Å². The summed E-state index contributed by atoms with van der Waals surface area (Å²) in [6.07, 6.45) is 1.62. The van der Waals surface area contributed by atoms with Gasteiger partial charge in [0, 0.05) is 6.20 Å². The summed E-state index contributed by atoms with van der Waals surface area (Å²) < 4.78 is 38.5. The fourth-order valence-electron chi connectivity index (χ4n) is 2.48. The Balaban J connectivity index is 2.24. The number of likely N-dealkylation sites (tertiary alicyclic amines) is 1. The van der Waals surface area contributed by atoms with Gasteiger partial charge in [0.1, 0.15) is 5.60 Å². The second-order valence-electron chi connectivity index (χ2n) is 7.04. The Hall–Kier alpha value is -2.20. The van der Waals surface area contributed by atoms with Crippen molar-refractivity contribution in [3.05, 3.63) is 29.6 Å². The second kappa shape index (κ2) is 6.84. The number of aromatic nitrogens is 1. The van der Waals surface area contributed by atoms with E-state index in [0.717, 1.165) is 6.26 Å². The van der Waals surface area contributed by atoms with Gasteiger partial charge in [0.25, 0.3) is 10.1 Å². The summed E-state index contributed by atoms with van der Waals surface area (Å²) in [5.41, 5.74) is -1.49. The molecule has 0 N–H and O–H groups in total. The molecule has 0 aromatic carbocycles. The van der Waals surface area contributed by atoms with Crippen LogP contribution in [0.4, 0.5) is 4.79 Å². The summed E-state index contributed by atoms with van der Waals surface area (Å²) in [6, 6.07) is 2.93. The Morgan fingerprint density at radius 1 is 1.23 bits per heavy atom. The first-order valence-corrected chi connectivity index (χ1v) is 9.60. The smallest absolute Gasteiger partial charge is 0.410 e. The molecule has 1 aliphatic rings. The average Bonchev–Trinajstić information content (AvgIpc) is 2.47. The van der Waals surface area contributed by atoms with E-state index in [1.54, 1.807) is 20.8 Å². The lowest BCUT2D eigenvalue weighted by Crippen LogP contribution is -2.63. The van der Waals surface area contributed by atoms with E-state index in [2.05, 4.69) is 9.72 Å². The van der Waals surface area contributed by atoms with Gasteiger partial charge in [-0.2, -0.15) is 8.42 Å². The summed E-state index contributed by atoms with van der Waals surface area (Å²) in [7, 11) is -2.57. The van der Waals surface area contributed by atoms with Gasteiger partial charge in [0.05, 0.1) is 37.7 Å². The minimum atomic E-state index is -3.82. The molecular formula is C16H22N2O7S. The van der Waals surface area contributed by atoms with Crippen molar-refractivity contribution in [1.29, 1.82) is 0 Å². The molecule has 2 heterocycles. The Labute approximate surface area is 152 Å². The molecular weight excluding hydrogens is 364 g/mol. The Bertz CT molecular complexity index is 791. The molecule has 1 amide bonds. The number of hydrogen-bond acceptors (Lipinski definition) is 8. The van der Waals surface area contributed by atoms with Crippen LogP contribution in [0, 0.1) is 0 Å². The van der Waals surface area contributed by atoms with Crippen LogP contribution in [0.5, 0.6) is 0 Å². The van der Waals surface area contributed by atoms with Crippen LogP contribution in [0.3, 0.4) is 0 Å². The van der Waals surface area contributed by atoms with E-state index in [1.807, 2.05) is 0 Å². The van der Waals surface area contributed by atoms with Gasteiger partial charge in [-0.3, -0.25) is 9.17 Å². The quantitative estimate of drug-likeness (QED) is 0.562. The minimum absolute atomic E-state index is 0.0421. The minimum Gasteiger partial charge on any atom is -0.465 e. The molecule has 1 aliphatic heterocycles. The van der Waals surface area contributed by atoms with E-state index in [0.29, 0.717) is 0 Å². The largest absolute Gasteiger partial charge is 0.465 e. The fourth-order valence-corrected chi connectivity index (χ4v) is 3.25. The molecule has 0 atom stereocenters. The molecule has 1 fully saturated rings. The van der Waals surface area contributed by atoms with Gasteiger partial charge in [-0.05, 0) is 32.9 Å². The third kappa shape index (κ3) is 4.70. The van der Waals surface area contributed by atoms with Crippen molar-refractivity contribution < 1.29 is 31.7 Å². The number of esters is 1. The zero-order valence-electron chi connectivity index (χ0n) is 15.3. The number of pyridine rings is 1. The van der Waals surface area contributed by atoms with Crippen LogP contribution in [-0.2, 0) is 29.4 Å². The van der Waals surface area contributed by atoms with E-state index in [-0.39, 0.29) is 24.3 Å². The number of hydrogen-bond donors (Lipinski definition) is 0. The molecule has 1 saturated heterocycles. The van der Waals surface area contributed by atoms with Gasteiger partial charge in [0.2, 0.25) is 0 Å². The molecule has 10 heteroatoms. The highest BCUT2D eigenvalue weighted by atomic mass is 32.2. The van der Waals surface area contributed by atoms with Gasteiger partial charge in [-0.15, -0.1) is 0 Å². The standard InChI is InChI=1S/C16H22N2O7S/c1-15(2,3)24-14(20)18-9-16(10-18,25-26(5,21)22)12-7-6-11(8-17-12)13(19)23-4/h6-8H,9-10H2,1-5H3. The Morgan fingerprint density at radius 2 is 1.85 bits per heavy atom. The third-order valence-electron chi connectivity index (χ3n) is 3.51. The normalized spacial score (nSPS) is 16.6. The molecule has 0 bridgehead atoms. The van der Waals surface area contributed by atoms with Gasteiger partial charge in [-0.25, -0.2) is 9.59 Å². The van der Waals surface area contributed by atoms with Crippen LogP contribution in [0.1, 0.15) is 36.8 Å². The molecule has 9 nitrogen and oxygen atoms in total. The predicted molar refractivity (Wildman–Crippen MR) is 91.0 cm³/mol. The van der Waals surface area contributed by atoms with Crippen LogP contribution in [0.15, 0.2) is 18.3 Å². The average molecular weight is 386 g/mol. The molecule has 26 heavy (non-hydrogen) atoms. The number of rotatable bonds is 4. The van der Waals surface area contributed by atoms with Crippen LogP contribution in [0.2, 0.25) is 0 Å². The molecule has 0 saturated carbocycles.